The first kappa shape index (κ1) is 15.9. The molecule has 0 radical (unpaired) electrons. The lowest BCUT2D eigenvalue weighted by Crippen LogP contribution is -2.26. The number of anilines is 1. The van der Waals surface area contributed by atoms with Crippen molar-refractivity contribution in [3.05, 3.63) is 64.7 Å². The molecule has 114 valence electrons. The molecular formula is C16H16ClN3O2. The minimum absolute atomic E-state index is 0.111. The highest BCUT2D eigenvalue weighted by Gasteiger charge is 2.12. The standard InChI is InChI=1S/C16H16ClN3O2/c1-20(10-11-2-6-13(17)7-3-11)15(21)12-4-8-14(9-5-12)19-16(18)22/h2-9H,10H2,1H3,(H3,18,19,22). The van der Waals surface area contributed by atoms with Crippen LogP contribution < -0.4 is 11.1 Å². The lowest BCUT2D eigenvalue weighted by atomic mass is 10.1. The van der Waals surface area contributed by atoms with Gasteiger partial charge in [0, 0.05) is 29.9 Å². The molecular weight excluding hydrogens is 302 g/mol. The highest BCUT2D eigenvalue weighted by molar-refractivity contribution is 6.30. The zero-order valence-corrected chi connectivity index (χ0v) is 12.8. The van der Waals surface area contributed by atoms with Gasteiger partial charge in [-0.15, -0.1) is 0 Å². The van der Waals surface area contributed by atoms with Gasteiger partial charge in [-0.2, -0.15) is 0 Å². The van der Waals surface area contributed by atoms with E-state index < -0.39 is 6.03 Å². The molecule has 0 aliphatic carbocycles. The Morgan fingerprint density at radius 2 is 1.68 bits per heavy atom. The molecule has 3 N–H and O–H groups in total. The molecule has 3 amide bonds. The molecule has 0 heterocycles. The van der Waals surface area contributed by atoms with Gasteiger partial charge in [0.1, 0.15) is 0 Å². The SMILES string of the molecule is CN(Cc1ccc(Cl)cc1)C(=O)c1ccc(NC(N)=O)cc1. The Morgan fingerprint density at radius 1 is 1.09 bits per heavy atom. The normalized spacial score (nSPS) is 10.1. The van der Waals surface area contributed by atoms with E-state index in [0.29, 0.717) is 22.8 Å². The van der Waals surface area contributed by atoms with E-state index in [1.54, 1.807) is 48.3 Å². The fraction of sp³-hybridized carbons (Fsp3) is 0.125. The van der Waals surface area contributed by atoms with Crippen LogP contribution >= 0.6 is 11.6 Å². The molecule has 2 aromatic rings. The molecule has 0 bridgehead atoms. The molecule has 2 rings (SSSR count). The van der Waals surface area contributed by atoms with Crippen molar-refractivity contribution in [3.63, 3.8) is 0 Å². The van der Waals surface area contributed by atoms with E-state index in [9.17, 15) is 9.59 Å². The second kappa shape index (κ2) is 6.95. The van der Waals surface area contributed by atoms with E-state index in [4.69, 9.17) is 17.3 Å². The van der Waals surface area contributed by atoms with Gasteiger partial charge in [-0.25, -0.2) is 4.79 Å². The van der Waals surface area contributed by atoms with E-state index in [1.165, 1.54) is 0 Å². The molecule has 0 saturated heterocycles. The maximum absolute atomic E-state index is 12.3. The third-order valence-electron chi connectivity index (χ3n) is 3.08. The number of rotatable bonds is 4. The van der Waals surface area contributed by atoms with Crippen molar-refractivity contribution in [2.24, 2.45) is 5.73 Å². The van der Waals surface area contributed by atoms with Gasteiger partial charge in [0.2, 0.25) is 0 Å². The van der Waals surface area contributed by atoms with Crippen LogP contribution in [-0.2, 0) is 6.54 Å². The summed E-state index contributed by atoms with van der Waals surface area (Å²) in [6, 6.07) is 13.3. The third kappa shape index (κ3) is 4.23. The summed E-state index contributed by atoms with van der Waals surface area (Å²) in [5.74, 6) is -0.111. The van der Waals surface area contributed by atoms with Crippen molar-refractivity contribution in [1.29, 1.82) is 0 Å². The number of carbonyl (C=O) groups excluding carboxylic acids is 2. The molecule has 0 aliphatic rings. The van der Waals surface area contributed by atoms with Crippen LogP contribution in [0.25, 0.3) is 0 Å². The Bertz CT molecular complexity index is 669. The Labute approximate surface area is 133 Å². The summed E-state index contributed by atoms with van der Waals surface area (Å²) >= 11 is 5.84. The van der Waals surface area contributed by atoms with Crippen LogP contribution in [0.5, 0.6) is 0 Å². The van der Waals surface area contributed by atoms with Crippen LogP contribution in [-0.4, -0.2) is 23.9 Å². The summed E-state index contributed by atoms with van der Waals surface area (Å²) in [6.07, 6.45) is 0. The predicted octanol–water partition coefficient (Wildman–Crippen LogP) is 3.10. The first-order chi connectivity index (χ1) is 10.5. The number of halogens is 1. The third-order valence-corrected chi connectivity index (χ3v) is 3.33. The zero-order valence-electron chi connectivity index (χ0n) is 12.0. The maximum Gasteiger partial charge on any atom is 0.316 e. The van der Waals surface area contributed by atoms with Gasteiger partial charge in [0.25, 0.3) is 5.91 Å². The lowest BCUT2D eigenvalue weighted by Gasteiger charge is -2.17. The topological polar surface area (TPSA) is 75.4 Å². The Kier molecular flexibility index (Phi) is 5.01. The van der Waals surface area contributed by atoms with Crippen molar-refractivity contribution < 1.29 is 9.59 Å². The van der Waals surface area contributed by atoms with Crippen molar-refractivity contribution in [2.75, 3.05) is 12.4 Å². The fourth-order valence-corrected chi connectivity index (χ4v) is 2.12. The molecule has 0 spiro atoms. The Balaban J connectivity index is 2.03. The highest BCUT2D eigenvalue weighted by atomic mass is 35.5. The monoisotopic (exact) mass is 317 g/mol. The summed E-state index contributed by atoms with van der Waals surface area (Å²) in [6.45, 7) is 0.483. The summed E-state index contributed by atoms with van der Waals surface area (Å²) in [4.78, 5) is 24.7. The largest absolute Gasteiger partial charge is 0.351 e. The minimum Gasteiger partial charge on any atom is -0.351 e. The average molecular weight is 318 g/mol. The summed E-state index contributed by atoms with van der Waals surface area (Å²) in [5.41, 5.74) is 7.10. The Hall–Kier alpha value is -2.53. The van der Waals surface area contributed by atoms with Gasteiger partial charge in [0.15, 0.2) is 0 Å². The highest BCUT2D eigenvalue weighted by Crippen LogP contribution is 2.14. The number of nitrogens with two attached hydrogens (primary N) is 1. The number of nitrogens with zero attached hydrogens (tertiary/aromatic N) is 1. The molecule has 0 saturated carbocycles. The second-order valence-corrected chi connectivity index (χ2v) is 5.29. The molecule has 22 heavy (non-hydrogen) atoms. The van der Waals surface area contributed by atoms with E-state index in [0.717, 1.165) is 5.56 Å². The number of urea groups is 1. The average Bonchev–Trinajstić information content (AvgIpc) is 2.49. The summed E-state index contributed by atoms with van der Waals surface area (Å²) < 4.78 is 0. The number of hydrogen-bond acceptors (Lipinski definition) is 2. The molecule has 0 aliphatic heterocycles. The van der Waals surface area contributed by atoms with E-state index in [1.807, 2.05) is 12.1 Å². The van der Waals surface area contributed by atoms with Crippen molar-refractivity contribution in [3.8, 4) is 0 Å². The molecule has 0 unspecified atom stereocenters. The van der Waals surface area contributed by atoms with Crippen LogP contribution in [0.3, 0.4) is 0 Å². The molecule has 0 atom stereocenters. The number of primary amides is 1. The zero-order chi connectivity index (χ0) is 16.1. The number of amides is 3. The lowest BCUT2D eigenvalue weighted by molar-refractivity contribution is 0.0785. The van der Waals surface area contributed by atoms with E-state index in [2.05, 4.69) is 5.32 Å². The quantitative estimate of drug-likeness (QED) is 0.909. The van der Waals surface area contributed by atoms with Crippen LogP contribution in [0.15, 0.2) is 48.5 Å². The van der Waals surface area contributed by atoms with Gasteiger partial charge in [-0.05, 0) is 42.0 Å². The van der Waals surface area contributed by atoms with Gasteiger partial charge in [-0.3, -0.25) is 4.79 Å². The molecule has 6 heteroatoms. The van der Waals surface area contributed by atoms with Gasteiger partial charge < -0.3 is 16.0 Å². The first-order valence-electron chi connectivity index (χ1n) is 6.62. The number of carbonyl (C=O) groups is 2. The maximum atomic E-state index is 12.3. The molecule has 0 aromatic heterocycles. The van der Waals surface area contributed by atoms with Crippen molar-refractivity contribution >= 4 is 29.2 Å². The van der Waals surface area contributed by atoms with Crippen LogP contribution in [0.4, 0.5) is 10.5 Å². The van der Waals surface area contributed by atoms with Crippen LogP contribution in [0, 0.1) is 0 Å². The second-order valence-electron chi connectivity index (χ2n) is 4.85. The smallest absolute Gasteiger partial charge is 0.316 e. The first-order valence-corrected chi connectivity index (χ1v) is 7.00. The van der Waals surface area contributed by atoms with Crippen molar-refractivity contribution in [2.45, 2.75) is 6.54 Å². The predicted molar refractivity (Wildman–Crippen MR) is 86.9 cm³/mol. The molecule has 5 nitrogen and oxygen atoms in total. The summed E-state index contributed by atoms with van der Waals surface area (Å²) in [7, 11) is 1.73. The van der Waals surface area contributed by atoms with Crippen LogP contribution in [0.1, 0.15) is 15.9 Å². The number of nitrogens with one attached hydrogen (secondary N) is 1. The van der Waals surface area contributed by atoms with E-state index in [-0.39, 0.29) is 5.91 Å². The Morgan fingerprint density at radius 3 is 2.23 bits per heavy atom. The number of hydrogen-bond donors (Lipinski definition) is 2. The van der Waals surface area contributed by atoms with Gasteiger partial charge in [-0.1, -0.05) is 23.7 Å². The minimum atomic E-state index is -0.640. The van der Waals surface area contributed by atoms with Gasteiger partial charge >= 0.3 is 6.03 Å². The fourth-order valence-electron chi connectivity index (χ4n) is 1.99. The summed E-state index contributed by atoms with van der Waals surface area (Å²) in [5, 5.41) is 3.11. The number of benzene rings is 2. The molecule has 2 aromatic carbocycles. The van der Waals surface area contributed by atoms with Crippen molar-refractivity contribution in [1.82, 2.24) is 4.90 Å². The van der Waals surface area contributed by atoms with Crippen LogP contribution in [0.2, 0.25) is 5.02 Å². The van der Waals surface area contributed by atoms with Gasteiger partial charge in [0.05, 0.1) is 0 Å². The van der Waals surface area contributed by atoms with E-state index >= 15 is 0 Å². The molecule has 0 fully saturated rings.